The SMILES string of the molecule is CN(C(=Nc1ccccc1)SCc1c(Cl)cccc1Cl)N1C(=O)c2ccccc2C1=O. The number of benzene rings is 3. The Bertz CT molecular complexity index is 1130. The second kappa shape index (κ2) is 9.14. The Labute approximate surface area is 194 Å². The van der Waals surface area contributed by atoms with E-state index in [0.29, 0.717) is 37.8 Å². The van der Waals surface area contributed by atoms with Gasteiger partial charge in [-0.15, -0.1) is 0 Å². The zero-order valence-corrected chi connectivity index (χ0v) is 18.8. The standard InChI is InChI=1S/C23H17Cl2N3O2S/c1-27(28-21(29)16-10-5-6-11-17(16)22(28)30)23(26-15-8-3-2-4-9-15)31-14-18-19(24)12-7-13-20(18)25/h2-13H,14H2,1H3. The summed E-state index contributed by atoms with van der Waals surface area (Å²) in [7, 11) is 1.64. The highest BCUT2D eigenvalue weighted by molar-refractivity contribution is 8.13. The topological polar surface area (TPSA) is 53.0 Å². The Morgan fingerprint density at radius 3 is 2.00 bits per heavy atom. The number of para-hydroxylation sites is 1. The molecule has 0 atom stereocenters. The van der Waals surface area contributed by atoms with Crippen molar-refractivity contribution in [2.75, 3.05) is 7.05 Å². The highest BCUT2D eigenvalue weighted by Gasteiger charge is 2.39. The van der Waals surface area contributed by atoms with Crippen molar-refractivity contribution in [2.45, 2.75) is 5.75 Å². The molecule has 3 aromatic carbocycles. The lowest BCUT2D eigenvalue weighted by Crippen LogP contribution is -2.46. The normalized spacial score (nSPS) is 13.5. The van der Waals surface area contributed by atoms with Crippen molar-refractivity contribution in [3.63, 3.8) is 0 Å². The van der Waals surface area contributed by atoms with E-state index in [1.807, 2.05) is 30.3 Å². The van der Waals surface area contributed by atoms with Crippen LogP contribution in [0.2, 0.25) is 10.0 Å². The molecule has 1 aliphatic rings. The fraction of sp³-hybridized carbons (Fsp3) is 0.0870. The summed E-state index contributed by atoms with van der Waals surface area (Å²) in [5.41, 5.74) is 2.20. The van der Waals surface area contributed by atoms with Crippen molar-refractivity contribution in [3.8, 4) is 0 Å². The Morgan fingerprint density at radius 1 is 0.871 bits per heavy atom. The van der Waals surface area contributed by atoms with Crippen LogP contribution in [0.25, 0.3) is 0 Å². The molecular weight excluding hydrogens is 453 g/mol. The number of amidine groups is 1. The van der Waals surface area contributed by atoms with Crippen LogP contribution < -0.4 is 0 Å². The van der Waals surface area contributed by atoms with Crippen molar-refractivity contribution >= 4 is 57.6 Å². The predicted molar refractivity (Wildman–Crippen MR) is 126 cm³/mol. The summed E-state index contributed by atoms with van der Waals surface area (Å²) in [5.74, 6) is -0.363. The zero-order valence-electron chi connectivity index (χ0n) is 16.5. The summed E-state index contributed by atoms with van der Waals surface area (Å²) in [6.07, 6.45) is 0. The molecule has 5 nitrogen and oxygen atoms in total. The van der Waals surface area contributed by atoms with Gasteiger partial charge >= 0.3 is 0 Å². The van der Waals surface area contributed by atoms with E-state index in [-0.39, 0.29) is 11.8 Å². The molecule has 0 radical (unpaired) electrons. The van der Waals surface area contributed by atoms with Gasteiger partial charge in [0, 0.05) is 22.8 Å². The Morgan fingerprint density at radius 2 is 1.42 bits per heavy atom. The number of imide groups is 1. The average Bonchev–Trinajstić information content (AvgIpc) is 3.03. The van der Waals surface area contributed by atoms with Gasteiger partial charge in [0.05, 0.1) is 16.8 Å². The minimum Gasteiger partial charge on any atom is -0.267 e. The van der Waals surface area contributed by atoms with Crippen LogP contribution in [0.5, 0.6) is 0 Å². The first-order chi connectivity index (χ1) is 15.0. The van der Waals surface area contributed by atoms with E-state index >= 15 is 0 Å². The van der Waals surface area contributed by atoms with E-state index in [9.17, 15) is 9.59 Å². The first-order valence-electron chi connectivity index (χ1n) is 9.38. The van der Waals surface area contributed by atoms with Gasteiger partial charge in [0.1, 0.15) is 0 Å². The summed E-state index contributed by atoms with van der Waals surface area (Å²) in [6, 6.07) is 21.4. The molecule has 0 saturated heterocycles. The highest BCUT2D eigenvalue weighted by Crippen LogP contribution is 2.31. The number of carbonyl (C=O) groups is 2. The number of hydrogen-bond acceptors (Lipinski definition) is 4. The second-order valence-electron chi connectivity index (χ2n) is 6.71. The minimum absolute atomic E-state index is 0.373. The molecule has 0 fully saturated rings. The van der Waals surface area contributed by atoms with Crippen molar-refractivity contribution in [1.29, 1.82) is 0 Å². The van der Waals surface area contributed by atoms with E-state index < -0.39 is 0 Å². The van der Waals surface area contributed by atoms with Crippen molar-refractivity contribution in [2.24, 2.45) is 4.99 Å². The van der Waals surface area contributed by atoms with Crippen LogP contribution in [0.15, 0.2) is 77.8 Å². The van der Waals surface area contributed by atoms with E-state index in [4.69, 9.17) is 23.2 Å². The van der Waals surface area contributed by atoms with Crippen molar-refractivity contribution in [1.82, 2.24) is 10.0 Å². The van der Waals surface area contributed by atoms with Gasteiger partial charge in [-0.2, -0.15) is 5.01 Å². The number of thioether (sulfide) groups is 1. The van der Waals surface area contributed by atoms with Gasteiger partial charge in [0.15, 0.2) is 5.17 Å². The highest BCUT2D eigenvalue weighted by atomic mass is 35.5. The molecule has 156 valence electrons. The largest absolute Gasteiger partial charge is 0.280 e. The smallest absolute Gasteiger partial charge is 0.267 e. The quantitative estimate of drug-likeness (QED) is 0.264. The van der Waals surface area contributed by atoms with Gasteiger partial charge in [-0.1, -0.05) is 71.4 Å². The maximum Gasteiger partial charge on any atom is 0.280 e. The summed E-state index contributed by atoms with van der Waals surface area (Å²) in [5, 5.41) is 4.13. The van der Waals surface area contributed by atoms with Gasteiger partial charge < -0.3 is 0 Å². The molecule has 0 N–H and O–H groups in total. The van der Waals surface area contributed by atoms with Crippen LogP contribution in [-0.2, 0) is 5.75 Å². The molecule has 3 aromatic rings. The number of hydrogen-bond donors (Lipinski definition) is 0. The number of carbonyl (C=O) groups excluding carboxylic acids is 2. The molecule has 0 unspecified atom stereocenters. The van der Waals surface area contributed by atoms with Crippen LogP contribution in [0.1, 0.15) is 26.3 Å². The summed E-state index contributed by atoms with van der Waals surface area (Å²) < 4.78 is 0. The molecule has 0 spiro atoms. The molecule has 0 saturated carbocycles. The number of hydrazine groups is 1. The van der Waals surface area contributed by atoms with Gasteiger partial charge in [-0.3, -0.25) is 14.6 Å². The van der Waals surface area contributed by atoms with Gasteiger partial charge in [-0.05, 0) is 42.0 Å². The summed E-state index contributed by atoms with van der Waals surface area (Å²) in [4.78, 5) is 30.6. The third-order valence-electron chi connectivity index (χ3n) is 4.74. The van der Waals surface area contributed by atoms with E-state index in [1.54, 1.807) is 49.5 Å². The van der Waals surface area contributed by atoms with Crippen LogP contribution >= 0.6 is 35.0 Å². The third kappa shape index (κ3) is 4.32. The van der Waals surface area contributed by atoms with E-state index in [0.717, 1.165) is 10.6 Å². The lowest BCUT2D eigenvalue weighted by molar-refractivity contribution is 0.0369. The van der Waals surface area contributed by atoms with Crippen LogP contribution in [-0.4, -0.2) is 34.0 Å². The molecule has 2 amide bonds. The number of rotatable bonds is 4. The zero-order chi connectivity index (χ0) is 22.0. The molecule has 0 aliphatic carbocycles. The van der Waals surface area contributed by atoms with Gasteiger partial charge in [0.25, 0.3) is 11.8 Å². The summed E-state index contributed by atoms with van der Waals surface area (Å²) in [6.45, 7) is 0. The molecule has 8 heteroatoms. The molecule has 0 aromatic heterocycles. The Hall–Kier alpha value is -2.80. The molecule has 1 heterocycles. The van der Waals surface area contributed by atoms with E-state index in [1.165, 1.54) is 16.8 Å². The predicted octanol–water partition coefficient (Wildman–Crippen LogP) is 6.06. The molecule has 1 aliphatic heterocycles. The fourth-order valence-electron chi connectivity index (χ4n) is 3.15. The van der Waals surface area contributed by atoms with E-state index in [2.05, 4.69) is 4.99 Å². The van der Waals surface area contributed by atoms with Gasteiger partial charge in [0.2, 0.25) is 0 Å². The van der Waals surface area contributed by atoms with Crippen molar-refractivity contribution < 1.29 is 9.59 Å². The number of fused-ring (bicyclic) bond motifs is 1. The van der Waals surface area contributed by atoms with Crippen molar-refractivity contribution in [3.05, 3.63) is 99.5 Å². The first-order valence-corrected chi connectivity index (χ1v) is 11.1. The maximum absolute atomic E-state index is 12.9. The van der Waals surface area contributed by atoms with Crippen LogP contribution in [0.3, 0.4) is 0 Å². The number of halogens is 2. The second-order valence-corrected chi connectivity index (χ2v) is 8.47. The Balaban J connectivity index is 1.67. The molecule has 4 rings (SSSR count). The lowest BCUT2D eigenvalue weighted by Gasteiger charge is -2.28. The lowest BCUT2D eigenvalue weighted by atomic mass is 10.1. The van der Waals surface area contributed by atoms with Crippen LogP contribution in [0.4, 0.5) is 5.69 Å². The van der Waals surface area contributed by atoms with Crippen LogP contribution in [0, 0.1) is 0 Å². The maximum atomic E-state index is 12.9. The molecule has 31 heavy (non-hydrogen) atoms. The number of amides is 2. The third-order valence-corrected chi connectivity index (χ3v) is 6.49. The Kier molecular flexibility index (Phi) is 6.32. The fourth-order valence-corrected chi connectivity index (χ4v) is 4.86. The molecule has 0 bridgehead atoms. The summed E-state index contributed by atoms with van der Waals surface area (Å²) >= 11 is 14.0. The average molecular weight is 470 g/mol. The monoisotopic (exact) mass is 469 g/mol. The van der Waals surface area contributed by atoms with Gasteiger partial charge in [-0.25, -0.2) is 4.99 Å². The minimum atomic E-state index is -0.389. The molecular formula is C23H17Cl2N3O2S. The number of nitrogens with zero attached hydrogens (tertiary/aromatic N) is 3. The number of aliphatic imine (C=N–C) groups is 1. The first kappa shape index (κ1) is 21.4.